The van der Waals surface area contributed by atoms with Gasteiger partial charge in [-0.05, 0) is 26.2 Å². The topological polar surface area (TPSA) is 52.7 Å². The molecule has 120 valence electrons. The molecule has 0 radical (unpaired) electrons. The average molecular weight is 295 g/mol. The Balaban J connectivity index is 1.77. The number of nitrogens with zero attached hydrogens (tertiary/aromatic N) is 2. The van der Waals surface area contributed by atoms with Gasteiger partial charge in [0.05, 0.1) is 6.04 Å². The van der Waals surface area contributed by atoms with E-state index in [1.165, 1.54) is 12.8 Å². The monoisotopic (exact) mass is 295 g/mol. The van der Waals surface area contributed by atoms with Crippen molar-refractivity contribution in [2.75, 3.05) is 32.7 Å². The first-order valence-corrected chi connectivity index (χ1v) is 8.44. The minimum Gasteiger partial charge on any atom is -0.355 e. The number of carbonyl (C=O) groups is 2. The summed E-state index contributed by atoms with van der Waals surface area (Å²) in [5.41, 5.74) is 0. The third-order valence-corrected chi connectivity index (χ3v) is 4.81. The molecule has 1 aliphatic carbocycles. The molecule has 2 amide bonds. The Bertz CT molecular complexity index is 359. The van der Waals surface area contributed by atoms with Gasteiger partial charge >= 0.3 is 0 Å². The summed E-state index contributed by atoms with van der Waals surface area (Å²) in [6.07, 6.45) is 5.49. The largest absolute Gasteiger partial charge is 0.355 e. The number of nitrogens with one attached hydrogen (secondary N) is 1. The lowest BCUT2D eigenvalue weighted by Crippen LogP contribution is -2.55. The van der Waals surface area contributed by atoms with Gasteiger partial charge in [-0.2, -0.15) is 0 Å². The molecule has 1 N–H and O–H groups in total. The van der Waals surface area contributed by atoms with Crippen LogP contribution in [0.2, 0.25) is 0 Å². The molecule has 0 aromatic carbocycles. The van der Waals surface area contributed by atoms with Gasteiger partial charge in [-0.3, -0.25) is 14.5 Å². The van der Waals surface area contributed by atoms with Crippen molar-refractivity contribution < 1.29 is 9.59 Å². The van der Waals surface area contributed by atoms with Crippen LogP contribution in [0.1, 0.15) is 46.0 Å². The van der Waals surface area contributed by atoms with E-state index in [-0.39, 0.29) is 17.9 Å². The summed E-state index contributed by atoms with van der Waals surface area (Å²) in [7, 11) is 0. The van der Waals surface area contributed by atoms with E-state index >= 15 is 0 Å². The zero-order chi connectivity index (χ0) is 15.2. The SMILES string of the molecule is CCCNC(=O)[C@@H](C)N1CCN(C(=O)C2CCCC2)CC1. The Morgan fingerprint density at radius 1 is 1.14 bits per heavy atom. The van der Waals surface area contributed by atoms with Gasteiger partial charge in [0, 0.05) is 38.6 Å². The van der Waals surface area contributed by atoms with E-state index in [4.69, 9.17) is 0 Å². The molecule has 0 aromatic heterocycles. The van der Waals surface area contributed by atoms with E-state index in [9.17, 15) is 9.59 Å². The number of hydrogen-bond acceptors (Lipinski definition) is 3. The summed E-state index contributed by atoms with van der Waals surface area (Å²) < 4.78 is 0. The third kappa shape index (κ3) is 4.19. The van der Waals surface area contributed by atoms with Gasteiger partial charge in [0.25, 0.3) is 0 Å². The molecule has 21 heavy (non-hydrogen) atoms. The Hall–Kier alpha value is -1.10. The molecule has 0 spiro atoms. The lowest BCUT2D eigenvalue weighted by atomic mass is 10.1. The molecule has 2 aliphatic rings. The highest BCUT2D eigenvalue weighted by Crippen LogP contribution is 2.27. The van der Waals surface area contributed by atoms with Gasteiger partial charge in [0.1, 0.15) is 0 Å². The van der Waals surface area contributed by atoms with Gasteiger partial charge in [-0.25, -0.2) is 0 Å². The van der Waals surface area contributed by atoms with Crippen LogP contribution in [0.3, 0.4) is 0 Å². The average Bonchev–Trinajstić information content (AvgIpc) is 3.05. The zero-order valence-electron chi connectivity index (χ0n) is 13.4. The Morgan fingerprint density at radius 3 is 2.33 bits per heavy atom. The van der Waals surface area contributed by atoms with Crippen LogP contribution in [-0.2, 0) is 9.59 Å². The van der Waals surface area contributed by atoms with Crippen molar-refractivity contribution >= 4 is 11.8 Å². The summed E-state index contributed by atoms with van der Waals surface area (Å²) in [4.78, 5) is 28.6. The maximum atomic E-state index is 12.4. The molecule has 1 saturated heterocycles. The first-order valence-electron chi connectivity index (χ1n) is 8.44. The highest BCUT2D eigenvalue weighted by Gasteiger charge is 2.31. The van der Waals surface area contributed by atoms with E-state index in [0.717, 1.165) is 52.0 Å². The fourth-order valence-electron chi connectivity index (χ4n) is 3.32. The standard InChI is InChI=1S/C16H29N3O2/c1-3-8-17-15(20)13(2)18-9-11-19(12-10-18)16(21)14-6-4-5-7-14/h13-14H,3-12H2,1-2H3,(H,17,20)/t13-/m1/s1. The molecule has 0 aromatic rings. The first kappa shape index (κ1) is 16.3. The minimum absolute atomic E-state index is 0.0970. The van der Waals surface area contributed by atoms with Crippen molar-refractivity contribution in [2.24, 2.45) is 5.92 Å². The number of carbonyl (C=O) groups excluding carboxylic acids is 2. The van der Waals surface area contributed by atoms with Gasteiger partial charge in [0.2, 0.25) is 11.8 Å². The van der Waals surface area contributed by atoms with E-state index < -0.39 is 0 Å². The summed E-state index contributed by atoms with van der Waals surface area (Å²) in [5, 5.41) is 2.95. The Morgan fingerprint density at radius 2 is 1.76 bits per heavy atom. The number of rotatable bonds is 5. The van der Waals surface area contributed by atoms with Crippen LogP contribution in [-0.4, -0.2) is 60.4 Å². The maximum absolute atomic E-state index is 12.4. The number of amides is 2. The van der Waals surface area contributed by atoms with Crippen LogP contribution >= 0.6 is 0 Å². The molecule has 0 bridgehead atoms. The molecule has 1 aliphatic heterocycles. The van der Waals surface area contributed by atoms with Crippen molar-refractivity contribution in [2.45, 2.75) is 52.0 Å². The van der Waals surface area contributed by atoms with Crippen molar-refractivity contribution in [3.8, 4) is 0 Å². The van der Waals surface area contributed by atoms with Gasteiger partial charge < -0.3 is 10.2 Å². The summed E-state index contributed by atoms with van der Waals surface area (Å²) in [6.45, 7) is 7.89. The second-order valence-corrected chi connectivity index (χ2v) is 6.31. The molecular formula is C16H29N3O2. The molecular weight excluding hydrogens is 266 g/mol. The van der Waals surface area contributed by atoms with E-state index in [1.807, 2.05) is 11.8 Å². The lowest BCUT2D eigenvalue weighted by Gasteiger charge is -2.38. The fourth-order valence-corrected chi connectivity index (χ4v) is 3.32. The predicted octanol–water partition coefficient (Wildman–Crippen LogP) is 1.24. The maximum Gasteiger partial charge on any atom is 0.237 e. The smallest absolute Gasteiger partial charge is 0.237 e. The molecule has 1 heterocycles. The second kappa shape index (κ2) is 7.78. The molecule has 5 heteroatoms. The van der Waals surface area contributed by atoms with Gasteiger partial charge in [0.15, 0.2) is 0 Å². The third-order valence-electron chi connectivity index (χ3n) is 4.81. The Kier molecular flexibility index (Phi) is 6.03. The number of hydrogen-bond donors (Lipinski definition) is 1. The predicted molar refractivity (Wildman–Crippen MR) is 82.9 cm³/mol. The molecule has 1 saturated carbocycles. The molecule has 2 rings (SSSR count). The normalized spacial score (nSPS) is 22.3. The summed E-state index contributed by atoms with van der Waals surface area (Å²) in [5.74, 6) is 0.712. The van der Waals surface area contributed by atoms with E-state index in [0.29, 0.717) is 5.91 Å². The summed E-state index contributed by atoms with van der Waals surface area (Å²) in [6, 6.07) is -0.0970. The Labute approximate surface area is 128 Å². The van der Waals surface area contributed by atoms with E-state index in [1.54, 1.807) is 0 Å². The van der Waals surface area contributed by atoms with Crippen molar-refractivity contribution in [3.05, 3.63) is 0 Å². The quantitative estimate of drug-likeness (QED) is 0.830. The van der Waals surface area contributed by atoms with Crippen LogP contribution < -0.4 is 5.32 Å². The lowest BCUT2D eigenvalue weighted by molar-refractivity contribution is -0.138. The van der Waals surface area contributed by atoms with Gasteiger partial charge in [-0.1, -0.05) is 19.8 Å². The first-order chi connectivity index (χ1) is 10.1. The highest BCUT2D eigenvalue weighted by molar-refractivity contribution is 5.81. The van der Waals surface area contributed by atoms with Gasteiger partial charge in [-0.15, -0.1) is 0 Å². The van der Waals surface area contributed by atoms with Crippen LogP contribution in [0.15, 0.2) is 0 Å². The molecule has 1 atom stereocenters. The molecule has 0 unspecified atom stereocenters. The highest BCUT2D eigenvalue weighted by atomic mass is 16.2. The van der Waals surface area contributed by atoms with Crippen LogP contribution in [0.25, 0.3) is 0 Å². The van der Waals surface area contributed by atoms with Crippen LogP contribution in [0, 0.1) is 5.92 Å². The minimum atomic E-state index is -0.0970. The van der Waals surface area contributed by atoms with Crippen LogP contribution in [0.4, 0.5) is 0 Å². The summed E-state index contributed by atoms with van der Waals surface area (Å²) >= 11 is 0. The molecule has 2 fully saturated rings. The van der Waals surface area contributed by atoms with Crippen LogP contribution in [0.5, 0.6) is 0 Å². The molecule has 5 nitrogen and oxygen atoms in total. The zero-order valence-corrected chi connectivity index (χ0v) is 13.4. The van der Waals surface area contributed by atoms with Crippen molar-refractivity contribution in [1.82, 2.24) is 15.1 Å². The van der Waals surface area contributed by atoms with Crippen molar-refractivity contribution in [1.29, 1.82) is 0 Å². The fraction of sp³-hybridized carbons (Fsp3) is 0.875. The number of piperazine rings is 1. The van der Waals surface area contributed by atoms with Crippen molar-refractivity contribution in [3.63, 3.8) is 0 Å². The second-order valence-electron chi connectivity index (χ2n) is 6.31. The van der Waals surface area contributed by atoms with E-state index in [2.05, 4.69) is 17.1 Å².